The minimum atomic E-state index is -0.790. The van der Waals surface area contributed by atoms with Crippen LogP contribution in [0.3, 0.4) is 0 Å². The number of rotatable bonds is 5. The largest absolute Gasteiger partial charge is 0.386 e. The monoisotopic (exact) mass is 276 g/mol. The Labute approximate surface area is 97.2 Å². The van der Waals surface area contributed by atoms with Gasteiger partial charge in [0, 0.05) is 6.61 Å². The fourth-order valence-electron chi connectivity index (χ4n) is 1.21. The Morgan fingerprint density at radius 2 is 2.27 bits per heavy atom. The minimum absolute atomic E-state index is 0.190. The summed E-state index contributed by atoms with van der Waals surface area (Å²) in [6.45, 7) is 2.78. The molecule has 1 rings (SSSR count). The number of ether oxygens (including phenoxy) is 1. The highest BCUT2D eigenvalue weighted by Crippen LogP contribution is 2.26. The summed E-state index contributed by atoms with van der Waals surface area (Å²) in [6.07, 6.45) is 0.110. The van der Waals surface area contributed by atoms with Crippen LogP contribution in [0.25, 0.3) is 0 Å². The molecule has 0 saturated heterocycles. The van der Waals surface area contributed by atoms with Crippen LogP contribution in [0.5, 0.6) is 0 Å². The molecule has 0 heterocycles. The molecule has 0 fully saturated rings. The van der Waals surface area contributed by atoms with Crippen molar-refractivity contribution >= 4 is 15.9 Å². The first-order chi connectivity index (χ1) is 7.16. The van der Waals surface area contributed by atoms with Gasteiger partial charge in [0.05, 0.1) is 11.1 Å². The summed E-state index contributed by atoms with van der Waals surface area (Å²) in [6, 6.07) is 4.58. The summed E-state index contributed by atoms with van der Waals surface area (Å²) in [4.78, 5) is 0. The lowest BCUT2D eigenvalue weighted by atomic mass is 10.1. The number of halogens is 2. The van der Waals surface area contributed by atoms with Gasteiger partial charge in [0.1, 0.15) is 11.9 Å². The normalized spacial score (nSPS) is 12.8. The molecule has 2 nitrogen and oxygen atoms in total. The van der Waals surface area contributed by atoms with Crippen LogP contribution >= 0.6 is 15.9 Å². The third-order valence-corrected chi connectivity index (χ3v) is 2.80. The predicted octanol–water partition coefficient (Wildman–Crippen LogP) is 3.05. The molecular formula is C11H14BrFO2. The van der Waals surface area contributed by atoms with Crippen molar-refractivity contribution in [1.29, 1.82) is 0 Å². The molecule has 0 aliphatic rings. The second kappa shape index (κ2) is 6.20. The van der Waals surface area contributed by atoms with Crippen molar-refractivity contribution in [2.45, 2.75) is 19.4 Å². The Morgan fingerprint density at radius 3 is 2.93 bits per heavy atom. The molecule has 0 aliphatic heterocycles. The first kappa shape index (κ1) is 12.6. The Morgan fingerprint density at radius 1 is 1.53 bits per heavy atom. The summed E-state index contributed by atoms with van der Waals surface area (Å²) in [5.41, 5.74) is 0.520. The minimum Gasteiger partial charge on any atom is -0.386 e. The van der Waals surface area contributed by atoms with Gasteiger partial charge in [0.15, 0.2) is 0 Å². The molecule has 0 aromatic heterocycles. The summed E-state index contributed by atoms with van der Waals surface area (Å²) in [7, 11) is 0. The zero-order valence-electron chi connectivity index (χ0n) is 8.54. The van der Waals surface area contributed by atoms with Crippen LogP contribution in [-0.2, 0) is 4.74 Å². The van der Waals surface area contributed by atoms with Gasteiger partial charge in [-0.15, -0.1) is 0 Å². The van der Waals surface area contributed by atoms with E-state index in [-0.39, 0.29) is 12.4 Å². The van der Waals surface area contributed by atoms with Gasteiger partial charge in [0.2, 0.25) is 0 Å². The summed E-state index contributed by atoms with van der Waals surface area (Å²) in [5, 5.41) is 9.73. The van der Waals surface area contributed by atoms with E-state index in [4.69, 9.17) is 4.74 Å². The second-order valence-electron chi connectivity index (χ2n) is 3.23. The van der Waals surface area contributed by atoms with Crippen LogP contribution in [0.4, 0.5) is 4.39 Å². The molecule has 0 aliphatic carbocycles. The summed E-state index contributed by atoms with van der Waals surface area (Å²) >= 11 is 3.10. The predicted molar refractivity (Wildman–Crippen MR) is 60.2 cm³/mol. The molecule has 1 atom stereocenters. The number of benzene rings is 1. The van der Waals surface area contributed by atoms with Gasteiger partial charge in [0.25, 0.3) is 0 Å². The molecule has 15 heavy (non-hydrogen) atoms. The topological polar surface area (TPSA) is 29.5 Å². The SMILES string of the molecule is CCCOCC(O)c1cccc(F)c1Br. The van der Waals surface area contributed by atoms with Crippen molar-refractivity contribution in [2.24, 2.45) is 0 Å². The zero-order chi connectivity index (χ0) is 11.3. The van der Waals surface area contributed by atoms with E-state index in [1.165, 1.54) is 6.07 Å². The second-order valence-corrected chi connectivity index (χ2v) is 4.03. The van der Waals surface area contributed by atoms with Gasteiger partial charge < -0.3 is 9.84 Å². The molecular weight excluding hydrogens is 263 g/mol. The van der Waals surface area contributed by atoms with E-state index in [0.717, 1.165) is 6.42 Å². The number of hydrogen-bond donors (Lipinski definition) is 1. The average Bonchev–Trinajstić information content (AvgIpc) is 2.22. The molecule has 1 aromatic rings. The Kier molecular flexibility index (Phi) is 5.22. The molecule has 0 saturated carbocycles. The summed E-state index contributed by atoms with van der Waals surface area (Å²) < 4.78 is 18.6. The van der Waals surface area contributed by atoms with Crippen molar-refractivity contribution in [2.75, 3.05) is 13.2 Å². The lowest BCUT2D eigenvalue weighted by Crippen LogP contribution is -2.08. The molecule has 0 spiro atoms. The van der Waals surface area contributed by atoms with Gasteiger partial charge in [-0.25, -0.2) is 4.39 Å². The van der Waals surface area contributed by atoms with Crippen molar-refractivity contribution in [3.8, 4) is 0 Å². The average molecular weight is 277 g/mol. The van der Waals surface area contributed by atoms with Gasteiger partial charge in [-0.3, -0.25) is 0 Å². The molecule has 1 N–H and O–H groups in total. The standard InChI is InChI=1S/C11H14BrFO2/c1-2-6-15-7-10(14)8-4-3-5-9(13)11(8)12/h3-5,10,14H,2,6-7H2,1H3. The van der Waals surface area contributed by atoms with Gasteiger partial charge in [-0.1, -0.05) is 19.1 Å². The van der Waals surface area contributed by atoms with Gasteiger partial charge in [-0.2, -0.15) is 0 Å². The third-order valence-electron chi connectivity index (χ3n) is 1.96. The van der Waals surface area contributed by atoms with Crippen molar-refractivity contribution in [3.63, 3.8) is 0 Å². The molecule has 1 unspecified atom stereocenters. The molecule has 0 bridgehead atoms. The summed E-state index contributed by atoms with van der Waals surface area (Å²) in [5.74, 6) is -0.373. The first-order valence-electron chi connectivity index (χ1n) is 4.86. The van der Waals surface area contributed by atoms with E-state index in [1.54, 1.807) is 12.1 Å². The Hall–Kier alpha value is -0.450. The van der Waals surface area contributed by atoms with Gasteiger partial charge >= 0.3 is 0 Å². The van der Waals surface area contributed by atoms with Crippen molar-refractivity contribution in [1.82, 2.24) is 0 Å². The lowest BCUT2D eigenvalue weighted by molar-refractivity contribution is 0.0358. The number of aliphatic hydroxyl groups excluding tert-OH is 1. The highest BCUT2D eigenvalue weighted by molar-refractivity contribution is 9.10. The molecule has 0 radical (unpaired) electrons. The van der Waals surface area contributed by atoms with Crippen molar-refractivity contribution in [3.05, 3.63) is 34.1 Å². The molecule has 4 heteroatoms. The zero-order valence-corrected chi connectivity index (χ0v) is 10.1. The van der Waals surface area contributed by atoms with Crippen LogP contribution in [0, 0.1) is 5.82 Å². The fourth-order valence-corrected chi connectivity index (χ4v) is 1.74. The maximum Gasteiger partial charge on any atom is 0.137 e. The van der Waals surface area contributed by atoms with E-state index in [1.807, 2.05) is 6.92 Å². The van der Waals surface area contributed by atoms with E-state index >= 15 is 0 Å². The maximum atomic E-state index is 13.1. The highest BCUT2D eigenvalue weighted by atomic mass is 79.9. The highest BCUT2D eigenvalue weighted by Gasteiger charge is 2.13. The van der Waals surface area contributed by atoms with E-state index < -0.39 is 6.10 Å². The van der Waals surface area contributed by atoms with Crippen LogP contribution in [0.15, 0.2) is 22.7 Å². The van der Waals surface area contributed by atoms with E-state index in [0.29, 0.717) is 16.6 Å². The first-order valence-corrected chi connectivity index (χ1v) is 5.65. The third kappa shape index (κ3) is 3.55. The van der Waals surface area contributed by atoms with E-state index in [2.05, 4.69) is 15.9 Å². The smallest absolute Gasteiger partial charge is 0.137 e. The Bertz CT molecular complexity index is 317. The number of aliphatic hydroxyl groups is 1. The maximum absolute atomic E-state index is 13.1. The lowest BCUT2D eigenvalue weighted by Gasteiger charge is -2.13. The molecule has 1 aromatic carbocycles. The van der Waals surface area contributed by atoms with Crippen LogP contribution in [0.1, 0.15) is 25.0 Å². The van der Waals surface area contributed by atoms with Gasteiger partial charge in [-0.05, 0) is 34.0 Å². The van der Waals surface area contributed by atoms with Crippen molar-refractivity contribution < 1.29 is 14.2 Å². The van der Waals surface area contributed by atoms with E-state index in [9.17, 15) is 9.50 Å². The van der Waals surface area contributed by atoms with Crippen LogP contribution in [0.2, 0.25) is 0 Å². The van der Waals surface area contributed by atoms with Crippen LogP contribution in [-0.4, -0.2) is 18.3 Å². The quantitative estimate of drug-likeness (QED) is 0.838. The molecule has 0 amide bonds. The fraction of sp³-hybridized carbons (Fsp3) is 0.455. The molecule has 84 valence electrons. The Balaban J connectivity index is 2.65. The number of hydrogen-bond acceptors (Lipinski definition) is 2. The van der Waals surface area contributed by atoms with Crippen LogP contribution < -0.4 is 0 Å².